The number of hydrogen-bond donors (Lipinski definition) is 2. The first-order chi connectivity index (χ1) is 11.1. The molecule has 1 aromatic carbocycles. The van der Waals surface area contributed by atoms with Crippen molar-refractivity contribution in [3.8, 4) is 0 Å². The molecule has 1 unspecified atom stereocenters. The predicted molar refractivity (Wildman–Crippen MR) is 105 cm³/mol. The molecule has 2 amide bonds. The van der Waals surface area contributed by atoms with Gasteiger partial charge >= 0.3 is 0 Å². The number of rotatable bonds is 8. The quantitative estimate of drug-likeness (QED) is 0.714. The summed E-state index contributed by atoms with van der Waals surface area (Å²) in [5, 5.41) is 2.34. The molecule has 0 aromatic heterocycles. The standard InChI is InChI=1S/C17H26FN3O2S.ClH/c1-12(16(23)21(4)11-17(2,3)10-19)24-9-15(22)20-14-7-5-13(18)6-8-14;/h5-8,12H,9-11,19H2,1-4H3,(H,20,22);1H. The summed E-state index contributed by atoms with van der Waals surface area (Å²) in [6.45, 7) is 6.85. The normalized spacial score (nSPS) is 12.1. The number of amides is 2. The second-order valence-electron chi connectivity index (χ2n) is 6.57. The first-order valence-corrected chi connectivity index (χ1v) is 8.81. The van der Waals surface area contributed by atoms with Gasteiger partial charge in [-0.3, -0.25) is 9.59 Å². The Kier molecular flexibility index (Phi) is 10.1. The second-order valence-corrected chi connectivity index (χ2v) is 7.90. The number of nitrogens with zero attached hydrogens (tertiary/aromatic N) is 1. The van der Waals surface area contributed by atoms with Crippen molar-refractivity contribution in [2.24, 2.45) is 11.1 Å². The van der Waals surface area contributed by atoms with E-state index in [-0.39, 0.29) is 46.5 Å². The van der Waals surface area contributed by atoms with Crippen LogP contribution in [0.4, 0.5) is 10.1 Å². The van der Waals surface area contributed by atoms with Crippen molar-refractivity contribution in [1.29, 1.82) is 0 Å². The molecule has 142 valence electrons. The molecule has 0 aliphatic carbocycles. The summed E-state index contributed by atoms with van der Waals surface area (Å²) < 4.78 is 12.8. The molecule has 0 fully saturated rings. The van der Waals surface area contributed by atoms with Crippen molar-refractivity contribution >= 4 is 41.7 Å². The highest BCUT2D eigenvalue weighted by Crippen LogP contribution is 2.18. The molecule has 8 heteroatoms. The van der Waals surface area contributed by atoms with Crippen LogP contribution < -0.4 is 11.1 Å². The molecule has 0 aliphatic heterocycles. The van der Waals surface area contributed by atoms with Crippen molar-refractivity contribution in [2.75, 3.05) is 31.2 Å². The van der Waals surface area contributed by atoms with Crippen LogP contribution in [0.15, 0.2) is 24.3 Å². The molecular weight excluding hydrogens is 365 g/mol. The highest BCUT2D eigenvalue weighted by Gasteiger charge is 2.24. The molecule has 0 spiro atoms. The van der Waals surface area contributed by atoms with Gasteiger partial charge in [-0.05, 0) is 43.1 Å². The number of anilines is 1. The van der Waals surface area contributed by atoms with E-state index in [1.807, 2.05) is 13.8 Å². The minimum atomic E-state index is -0.356. The van der Waals surface area contributed by atoms with E-state index in [2.05, 4.69) is 5.32 Å². The third-order valence-corrected chi connectivity index (χ3v) is 4.66. The number of thioether (sulfide) groups is 1. The van der Waals surface area contributed by atoms with Gasteiger partial charge in [-0.25, -0.2) is 4.39 Å². The van der Waals surface area contributed by atoms with Gasteiger partial charge in [0, 0.05) is 19.3 Å². The Morgan fingerprint density at radius 2 is 1.88 bits per heavy atom. The van der Waals surface area contributed by atoms with Crippen LogP contribution in [0, 0.1) is 11.2 Å². The largest absolute Gasteiger partial charge is 0.344 e. The maximum atomic E-state index is 12.8. The van der Waals surface area contributed by atoms with Gasteiger partial charge in [-0.15, -0.1) is 24.2 Å². The van der Waals surface area contributed by atoms with E-state index in [1.54, 1.807) is 18.9 Å². The molecular formula is C17H27ClFN3O2S. The maximum absolute atomic E-state index is 12.8. The average Bonchev–Trinajstić information content (AvgIpc) is 2.53. The van der Waals surface area contributed by atoms with Crippen molar-refractivity contribution < 1.29 is 14.0 Å². The highest BCUT2D eigenvalue weighted by molar-refractivity contribution is 8.01. The third-order valence-electron chi connectivity index (χ3n) is 3.53. The summed E-state index contributed by atoms with van der Waals surface area (Å²) in [4.78, 5) is 25.9. The Morgan fingerprint density at radius 3 is 2.40 bits per heavy atom. The van der Waals surface area contributed by atoms with Gasteiger partial charge in [0.15, 0.2) is 0 Å². The fourth-order valence-electron chi connectivity index (χ4n) is 2.10. The molecule has 3 N–H and O–H groups in total. The first kappa shape index (κ1) is 23.7. The van der Waals surface area contributed by atoms with E-state index >= 15 is 0 Å². The van der Waals surface area contributed by atoms with Crippen LogP contribution in [-0.4, -0.2) is 47.9 Å². The summed E-state index contributed by atoms with van der Waals surface area (Å²) in [5.74, 6) is -0.462. The van der Waals surface area contributed by atoms with Gasteiger partial charge in [0.1, 0.15) is 5.82 Å². The van der Waals surface area contributed by atoms with Gasteiger partial charge in [0.2, 0.25) is 11.8 Å². The molecule has 0 saturated heterocycles. The molecule has 0 radical (unpaired) electrons. The highest BCUT2D eigenvalue weighted by atomic mass is 35.5. The smallest absolute Gasteiger partial charge is 0.235 e. The predicted octanol–water partition coefficient (Wildman–Crippen LogP) is 2.75. The minimum Gasteiger partial charge on any atom is -0.344 e. The summed E-state index contributed by atoms with van der Waals surface area (Å²) >= 11 is 1.27. The molecule has 1 atom stereocenters. The summed E-state index contributed by atoms with van der Waals surface area (Å²) in [6, 6.07) is 5.55. The lowest BCUT2D eigenvalue weighted by atomic mass is 9.93. The van der Waals surface area contributed by atoms with Crippen LogP contribution in [0.3, 0.4) is 0 Å². The summed E-state index contributed by atoms with van der Waals surface area (Å²) in [7, 11) is 1.75. The topological polar surface area (TPSA) is 75.4 Å². The van der Waals surface area contributed by atoms with Crippen LogP contribution in [0.1, 0.15) is 20.8 Å². The number of carbonyl (C=O) groups is 2. The molecule has 25 heavy (non-hydrogen) atoms. The van der Waals surface area contributed by atoms with E-state index in [9.17, 15) is 14.0 Å². The zero-order chi connectivity index (χ0) is 18.3. The first-order valence-electron chi connectivity index (χ1n) is 7.76. The SMILES string of the molecule is CC(SCC(=O)Nc1ccc(F)cc1)C(=O)N(C)CC(C)(C)CN.Cl. The van der Waals surface area contributed by atoms with Crippen molar-refractivity contribution in [2.45, 2.75) is 26.0 Å². The Hall–Kier alpha value is -1.31. The Morgan fingerprint density at radius 1 is 1.32 bits per heavy atom. The molecule has 0 heterocycles. The average molecular weight is 392 g/mol. The van der Waals surface area contributed by atoms with Crippen LogP contribution in [0.5, 0.6) is 0 Å². The lowest BCUT2D eigenvalue weighted by molar-refractivity contribution is -0.130. The van der Waals surface area contributed by atoms with Crippen molar-refractivity contribution in [3.05, 3.63) is 30.1 Å². The number of nitrogens with one attached hydrogen (secondary N) is 1. The fraction of sp³-hybridized carbons (Fsp3) is 0.529. The van der Waals surface area contributed by atoms with E-state index < -0.39 is 0 Å². The molecule has 1 rings (SSSR count). The third kappa shape index (κ3) is 8.56. The van der Waals surface area contributed by atoms with Gasteiger partial charge in [0.05, 0.1) is 11.0 Å². The zero-order valence-corrected chi connectivity index (χ0v) is 16.7. The zero-order valence-electron chi connectivity index (χ0n) is 15.0. The molecule has 0 bridgehead atoms. The van der Waals surface area contributed by atoms with E-state index in [0.717, 1.165) is 0 Å². The van der Waals surface area contributed by atoms with Gasteiger partial charge in [0.25, 0.3) is 0 Å². The molecule has 0 saturated carbocycles. The van der Waals surface area contributed by atoms with E-state index in [0.29, 0.717) is 18.8 Å². The Bertz CT molecular complexity index is 570. The summed E-state index contributed by atoms with van der Waals surface area (Å²) in [5.41, 5.74) is 6.08. The van der Waals surface area contributed by atoms with Gasteiger partial charge in [-0.1, -0.05) is 13.8 Å². The minimum absolute atomic E-state index is 0. The van der Waals surface area contributed by atoms with Crippen LogP contribution >= 0.6 is 24.2 Å². The van der Waals surface area contributed by atoms with Crippen LogP contribution in [0.2, 0.25) is 0 Å². The monoisotopic (exact) mass is 391 g/mol. The Labute approximate surface area is 159 Å². The fourth-order valence-corrected chi connectivity index (χ4v) is 2.89. The Balaban J connectivity index is 0.00000576. The second kappa shape index (κ2) is 10.6. The summed E-state index contributed by atoms with van der Waals surface area (Å²) in [6.07, 6.45) is 0. The number of nitrogens with two attached hydrogens (primary N) is 1. The van der Waals surface area contributed by atoms with Crippen LogP contribution in [-0.2, 0) is 9.59 Å². The van der Waals surface area contributed by atoms with E-state index in [1.165, 1.54) is 36.0 Å². The number of halogens is 2. The maximum Gasteiger partial charge on any atom is 0.235 e. The molecule has 1 aromatic rings. The van der Waals surface area contributed by atoms with E-state index in [4.69, 9.17) is 5.73 Å². The number of benzene rings is 1. The van der Waals surface area contributed by atoms with Gasteiger partial charge in [-0.2, -0.15) is 0 Å². The lowest BCUT2D eigenvalue weighted by Gasteiger charge is -2.30. The molecule has 5 nitrogen and oxygen atoms in total. The number of carbonyl (C=O) groups excluding carboxylic acids is 2. The number of hydrogen-bond acceptors (Lipinski definition) is 4. The van der Waals surface area contributed by atoms with Crippen molar-refractivity contribution in [1.82, 2.24) is 4.90 Å². The molecule has 0 aliphatic rings. The lowest BCUT2D eigenvalue weighted by Crippen LogP contribution is -2.42. The van der Waals surface area contributed by atoms with Crippen molar-refractivity contribution in [3.63, 3.8) is 0 Å². The van der Waals surface area contributed by atoms with Gasteiger partial charge < -0.3 is 16.0 Å². The van der Waals surface area contributed by atoms with Crippen LogP contribution in [0.25, 0.3) is 0 Å².